The van der Waals surface area contributed by atoms with E-state index < -0.39 is 6.09 Å². The number of rotatable bonds is 4. The van der Waals surface area contributed by atoms with Crippen molar-refractivity contribution in [2.75, 3.05) is 17.2 Å². The van der Waals surface area contributed by atoms with E-state index in [9.17, 15) is 4.79 Å². The van der Waals surface area contributed by atoms with Gasteiger partial charge in [0.1, 0.15) is 0 Å². The highest BCUT2D eigenvalue weighted by Crippen LogP contribution is 2.30. The van der Waals surface area contributed by atoms with Crippen LogP contribution < -0.4 is 10.6 Å². The third kappa shape index (κ3) is 4.67. The van der Waals surface area contributed by atoms with Crippen LogP contribution >= 0.6 is 0 Å². The number of carbonyl (C=O) groups excluding carboxylic acids is 1. The van der Waals surface area contributed by atoms with E-state index in [0.717, 1.165) is 5.69 Å². The van der Waals surface area contributed by atoms with Crippen molar-refractivity contribution >= 4 is 23.4 Å². The summed E-state index contributed by atoms with van der Waals surface area (Å²) in [4.78, 5) is 11.3. The summed E-state index contributed by atoms with van der Waals surface area (Å²) in [6, 6.07) is 11.5. The predicted molar refractivity (Wildman–Crippen MR) is 91.1 cm³/mol. The second-order valence-corrected chi connectivity index (χ2v) is 6.07. The molecule has 6 nitrogen and oxygen atoms in total. The number of amides is 1. The molecule has 0 saturated heterocycles. The molecule has 122 valence electrons. The quantitative estimate of drug-likeness (QED) is 0.889. The van der Waals surface area contributed by atoms with Gasteiger partial charge in [0.25, 0.3) is 0 Å². The van der Waals surface area contributed by atoms with Crippen LogP contribution in [0.25, 0.3) is 0 Å². The van der Waals surface area contributed by atoms with Gasteiger partial charge in [0.15, 0.2) is 11.6 Å². The first-order valence-electron chi connectivity index (χ1n) is 7.54. The summed E-state index contributed by atoms with van der Waals surface area (Å²) in [6.07, 6.45) is -0.541. The zero-order valence-electron chi connectivity index (χ0n) is 13.9. The molecule has 0 aliphatic carbocycles. The van der Waals surface area contributed by atoms with Crippen LogP contribution in [-0.2, 0) is 10.2 Å². The lowest BCUT2D eigenvalue weighted by molar-refractivity contribution is 0.168. The highest BCUT2D eigenvalue weighted by atomic mass is 16.5. The Hall–Kier alpha value is -2.63. The topological polar surface area (TPSA) is 76.1 Å². The van der Waals surface area contributed by atoms with Crippen LogP contribution in [0.15, 0.2) is 36.4 Å². The molecule has 2 rings (SSSR count). The van der Waals surface area contributed by atoms with Gasteiger partial charge in [0.05, 0.1) is 6.61 Å². The molecule has 6 heteroatoms. The molecule has 2 N–H and O–H groups in total. The Morgan fingerprint density at radius 3 is 2.35 bits per heavy atom. The monoisotopic (exact) mass is 314 g/mol. The number of para-hydroxylation sites is 1. The van der Waals surface area contributed by atoms with Gasteiger partial charge < -0.3 is 10.1 Å². The molecule has 1 aromatic heterocycles. The number of carbonyl (C=O) groups is 1. The highest BCUT2D eigenvalue weighted by molar-refractivity contribution is 5.83. The van der Waals surface area contributed by atoms with Gasteiger partial charge in [-0.25, -0.2) is 4.79 Å². The predicted octanol–water partition coefficient (Wildman–Crippen LogP) is 4.09. The van der Waals surface area contributed by atoms with Crippen molar-refractivity contribution in [2.45, 2.75) is 33.1 Å². The van der Waals surface area contributed by atoms with E-state index in [2.05, 4.69) is 47.7 Å². The lowest BCUT2D eigenvalue weighted by Crippen LogP contribution is -2.15. The molecule has 0 saturated carbocycles. The summed E-state index contributed by atoms with van der Waals surface area (Å²) < 4.78 is 4.79. The van der Waals surface area contributed by atoms with Crippen LogP contribution in [0, 0.1) is 0 Å². The van der Waals surface area contributed by atoms with Crippen molar-refractivity contribution in [1.82, 2.24) is 10.2 Å². The molecule has 0 aliphatic heterocycles. The molecule has 1 heterocycles. The Labute approximate surface area is 136 Å². The van der Waals surface area contributed by atoms with Gasteiger partial charge in [0, 0.05) is 5.69 Å². The van der Waals surface area contributed by atoms with Crippen LogP contribution in [0.2, 0.25) is 0 Å². The van der Waals surface area contributed by atoms with Crippen molar-refractivity contribution in [1.29, 1.82) is 0 Å². The third-order valence-electron chi connectivity index (χ3n) is 3.17. The molecule has 23 heavy (non-hydrogen) atoms. The molecular weight excluding hydrogens is 292 g/mol. The summed E-state index contributed by atoms with van der Waals surface area (Å²) in [5, 5.41) is 13.8. The Bertz CT molecular complexity index is 663. The van der Waals surface area contributed by atoms with Crippen LogP contribution in [0.3, 0.4) is 0 Å². The molecule has 0 atom stereocenters. The molecule has 0 unspecified atom stereocenters. The van der Waals surface area contributed by atoms with Crippen molar-refractivity contribution in [2.24, 2.45) is 0 Å². The Balaban J connectivity index is 2.12. The second kappa shape index (κ2) is 7.09. The average Bonchev–Trinajstić information content (AvgIpc) is 2.49. The zero-order valence-corrected chi connectivity index (χ0v) is 13.9. The van der Waals surface area contributed by atoms with E-state index in [1.165, 1.54) is 5.56 Å². The molecule has 0 spiro atoms. The number of nitrogens with zero attached hydrogens (tertiary/aromatic N) is 2. The smallest absolute Gasteiger partial charge is 0.412 e. The number of anilines is 3. The summed E-state index contributed by atoms with van der Waals surface area (Å²) in [6.45, 7) is 8.52. The van der Waals surface area contributed by atoms with E-state index in [4.69, 9.17) is 4.74 Å². The van der Waals surface area contributed by atoms with Crippen molar-refractivity contribution in [3.05, 3.63) is 42.0 Å². The summed E-state index contributed by atoms with van der Waals surface area (Å²) in [5.74, 6) is 0.953. The third-order valence-corrected chi connectivity index (χ3v) is 3.17. The molecular formula is C17H22N4O2. The number of nitrogens with one attached hydrogen (secondary N) is 2. The first-order chi connectivity index (χ1) is 10.9. The van der Waals surface area contributed by atoms with Gasteiger partial charge in [0.2, 0.25) is 0 Å². The fourth-order valence-electron chi connectivity index (χ4n) is 2.12. The van der Waals surface area contributed by atoms with Crippen LogP contribution in [-0.4, -0.2) is 22.9 Å². The standard InChI is InChI=1S/C17H22N4O2/c1-5-23-16(22)19-15-11-10-14(20-21-15)18-13-9-7-6-8-12(13)17(2,3)4/h6-11H,5H2,1-4H3,(H,18,20)(H,19,21,22). The SMILES string of the molecule is CCOC(=O)Nc1ccc(Nc2ccccc2C(C)(C)C)nn1. The molecule has 0 radical (unpaired) electrons. The number of benzene rings is 1. The fraction of sp³-hybridized carbons (Fsp3) is 0.353. The largest absolute Gasteiger partial charge is 0.450 e. The Morgan fingerprint density at radius 2 is 1.74 bits per heavy atom. The maximum atomic E-state index is 11.3. The van der Waals surface area contributed by atoms with E-state index in [1.807, 2.05) is 18.2 Å². The number of hydrogen-bond acceptors (Lipinski definition) is 5. The van der Waals surface area contributed by atoms with Crippen LogP contribution in [0.4, 0.5) is 22.1 Å². The maximum absolute atomic E-state index is 11.3. The first kappa shape index (κ1) is 16.7. The molecule has 0 fully saturated rings. The minimum Gasteiger partial charge on any atom is -0.450 e. The van der Waals surface area contributed by atoms with Gasteiger partial charge in [-0.2, -0.15) is 0 Å². The first-order valence-corrected chi connectivity index (χ1v) is 7.54. The van der Waals surface area contributed by atoms with Crippen LogP contribution in [0.1, 0.15) is 33.3 Å². The van der Waals surface area contributed by atoms with Gasteiger partial charge in [-0.3, -0.25) is 5.32 Å². The molecule has 0 bridgehead atoms. The normalized spacial score (nSPS) is 11.0. The second-order valence-electron chi connectivity index (χ2n) is 6.07. The fourth-order valence-corrected chi connectivity index (χ4v) is 2.12. The minimum absolute atomic E-state index is 0.0163. The average molecular weight is 314 g/mol. The maximum Gasteiger partial charge on any atom is 0.412 e. The number of ether oxygens (including phenoxy) is 1. The molecule has 1 amide bonds. The van der Waals surface area contributed by atoms with Gasteiger partial charge >= 0.3 is 6.09 Å². The van der Waals surface area contributed by atoms with Gasteiger partial charge in [-0.1, -0.05) is 39.0 Å². The number of hydrogen-bond donors (Lipinski definition) is 2. The lowest BCUT2D eigenvalue weighted by atomic mass is 9.86. The Morgan fingerprint density at radius 1 is 1.09 bits per heavy atom. The lowest BCUT2D eigenvalue weighted by Gasteiger charge is -2.23. The highest BCUT2D eigenvalue weighted by Gasteiger charge is 2.17. The van der Waals surface area contributed by atoms with E-state index in [-0.39, 0.29) is 5.41 Å². The minimum atomic E-state index is -0.541. The van der Waals surface area contributed by atoms with Crippen LogP contribution in [0.5, 0.6) is 0 Å². The van der Waals surface area contributed by atoms with E-state index in [0.29, 0.717) is 18.2 Å². The molecule has 1 aromatic carbocycles. The summed E-state index contributed by atoms with van der Waals surface area (Å²) >= 11 is 0. The molecule has 2 aromatic rings. The Kier molecular flexibility index (Phi) is 5.16. The zero-order chi connectivity index (χ0) is 16.9. The summed E-state index contributed by atoms with van der Waals surface area (Å²) in [5.41, 5.74) is 2.19. The molecule has 0 aliphatic rings. The van der Waals surface area contributed by atoms with E-state index in [1.54, 1.807) is 19.1 Å². The van der Waals surface area contributed by atoms with Crippen molar-refractivity contribution in [3.63, 3.8) is 0 Å². The van der Waals surface area contributed by atoms with Gasteiger partial charge in [-0.05, 0) is 36.1 Å². The van der Waals surface area contributed by atoms with Crippen molar-refractivity contribution < 1.29 is 9.53 Å². The van der Waals surface area contributed by atoms with E-state index >= 15 is 0 Å². The van der Waals surface area contributed by atoms with Gasteiger partial charge in [-0.15, -0.1) is 10.2 Å². The van der Waals surface area contributed by atoms with Crippen molar-refractivity contribution in [3.8, 4) is 0 Å². The number of aromatic nitrogens is 2. The summed E-state index contributed by atoms with van der Waals surface area (Å²) in [7, 11) is 0.